The van der Waals surface area contributed by atoms with Crippen molar-refractivity contribution < 1.29 is 4.58 Å². The molecule has 3 heterocycles. The van der Waals surface area contributed by atoms with Crippen LogP contribution in [0.15, 0.2) is 36.4 Å². The standard InChI is InChI=1S/C36H48N4S/c1-3-37-29-10-12-31-32-13-11-30(27-34(32)41-33(31)26-29)40(39-24-20-36(21-25-39)16-8-5-9-17-36)28(2)38-22-18-35(19-23-38)14-6-4-7-15-35/h10-13,26-27H,4-9,14-25H2,1-2H3/q+1. The fourth-order valence-corrected chi connectivity index (χ4v) is 10.0. The number of rotatable bonds is 4. The molecule has 2 aliphatic heterocycles. The Balaban J connectivity index is 1.21. The lowest BCUT2D eigenvalue weighted by atomic mass is 9.68. The van der Waals surface area contributed by atoms with Crippen LogP contribution in [0.2, 0.25) is 0 Å². The Kier molecular flexibility index (Phi) is 7.79. The van der Waals surface area contributed by atoms with Crippen molar-refractivity contribution in [2.24, 2.45) is 10.8 Å². The number of fused-ring (bicyclic) bond motifs is 3. The van der Waals surface area contributed by atoms with Crippen molar-refractivity contribution in [3.8, 4) is 0 Å². The lowest BCUT2D eigenvalue weighted by Crippen LogP contribution is -2.55. The van der Waals surface area contributed by atoms with E-state index >= 15 is 0 Å². The summed E-state index contributed by atoms with van der Waals surface area (Å²) in [4.78, 5) is 0. The highest BCUT2D eigenvalue weighted by Gasteiger charge is 2.42. The third kappa shape index (κ3) is 5.42. The summed E-state index contributed by atoms with van der Waals surface area (Å²) in [6.45, 7) is 12.0. The van der Waals surface area contributed by atoms with Gasteiger partial charge in [0.05, 0.1) is 18.8 Å². The number of hydrogen-bond donors (Lipinski definition) is 0. The lowest BCUT2D eigenvalue weighted by Gasteiger charge is -2.45. The molecule has 4 nitrogen and oxygen atoms in total. The summed E-state index contributed by atoms with van der Waals surface area (Å²) in [7, 11) is 0. The highest BCUT2D eigenvalue weighted by atomic mass is 32.1. The molecule has 2 saturated carbocycles. The Bertz CT molecular complexity index is 1390. The molecule has 3 radical (unpaired) electrons. The second kappa shape index (κ2) is 11.5. The molecular weight excluding hydrogens is 520 g/mol. The highest BCUT2D eigenvalue weighted by molar-refractivity contribution is 7.25. The Hall–Kier alpha value is -2.11. The highest BCUT2D eigenvalue weighted by Crippen LogP contribution is 2.46. The van der Waals surface area contributed by atoms with Crippen molar-refractivity contribution in [2.75, 3.05) is 31.2 Å². The number of hydrogen-bond acceptors (Lipinski definition) is 2. The predicted octanol–water partition coefficient (Wildman–Crippen LogP) is 9.29. The van der Waals surface area contributed by atoms with Crippen LogP contribution in [0.3, 0.4) is 0 Å². The van der Waals surface area contributed by atoms with Crippen LogP contribution >= 0.6 is 11.3 Å². The van der Waals surface area contributed by atoms with Crippen molar-refractivity contribution in [2.45, 2.75) is 104 Å². The van der Waals surface area contributed by atoms with E-state index in [0.29, 0.717) is 10.8 Å². The molecule has 1 aromatic heterocycles. The average Bonchev–Trinajstić information content (AvgIpc) is 3.37. The fourth-order valence-electron chi connectivity index (χ4n) is 8.85. The van der Waals surface area contributed by atoms with Gasteiger partial charge in [-0.25, -0.2) is 0 Å². The van der Waals surface area contributed by atoms with Crippen LogP contribution in [-0.4, -0.2) is 41.6 Å². The zero-order chi connectivity index (χ0) is 27.9. The molecule has 0 atom stereocenters. The second-order valence-electron chi connectivity index (χ2n) is 13.7. The molecule has 7 rings (SSSR count). The van der Waals surface area contributed by atoms with E-state index in [9.17, 15) is 0 Å². The van der Waals surface area contributed by atoms with Crippen LogP contribution < -0.4 is 10.3 Å². The summed E-state index contributed by atoms with van der Waals surface area (Å²) in [6, 6.07) is 13.8. The van der Waals surface area contributed by atoms with Crippen LogP contribution in [0.25, 0.3) is 20.2 Å². The van der Waals surface area contributed by atoms with Gasteiger partial charge in [0.25, 0.3) is 5.84 Å². The Labute approximate surface area is 251 Å². The summed E-state index contributed by atoms with van der Waals surface area (Å²) in [6.07, 6.45) is 19.9. The molecule has 5 heteroatoms. The number of piperidine rings is 2. The van der Waals surface area contributed by atoms with Crippen molar-refractivity contribution in [1.82, 2.24) is 10.3 Å². The van der Waals surface area contributed by atoms with Crippen molar-refractivity contribution in [3.05, 3.63) is 42.9 Å². The van der Waals surface area contributed by atoms with E-state index in [2.05, 4.69) is 69.8 Å². The number of amidine groups is 1. The molecule has 41 heavy (non-hydrogen) atoms. The molecule has 0 N–H and O–H groups in total. The maximum atomic E-state index is 4.41. The van der Waals surface area contributed by atoms with E-state index < -0.39 is 0 Å². The molecule has 0 bridgehead atoms. The van der Waals surface area contributed by atoms with Gasteiger partial charge in [-0.05, 0) is 93.4 Å². The van der Waals surface area contributed by atoms with E-state index in [4.69, 9.17) is 0 Å². The zero-order valence-electron chi connectivity index (χ0n) is 25.4. The average molecular weight is 569 g/mol. The zero-order valence-corrected chi connectivity index (χ0v) is 26.2. The topological polar surface area (TPSA) is 23.6 Å². The Morgan fingerprint density at radius 3 is 2.00 bits per heavy atom. The van der Waals surface area contributed by atoms with Gasteiger partial charge < -0.3 is 0 Å². The second-order valence-corrected chi connectivity index (χ2v) is 14.8. The first-order valence-corrected chi connectivity index (χ1v) is 17.4. The van der Waals surface area contributed by atoms with Gasteiger partial charge in [0.15, 0.2) is 0 Å². The minimum atomic E-state index is 0.609. The van der Waals surface area contributed by atoms with Gasteiger partial charge in [0.2, 0.25) is 0 Å². The van der Waals surface area contributed by atoms with Gasteiger partial charge in [0.1, 0.15) is 12.2 Å². The quantitative estimate of drug-likeness (QED) is 0.231. The summed E-state index contributed by atoms with van der Waals surface area (Å²) < 4.78 is 5.41. The van der Waals surface area contributed by atoms with Gasteiger partial charge in [-0.3, -0.25) is 9.89 Å². The van der Waals surface area contributed by atoms with Gasteiger partial charge in [-0.1, -0.05) is 44.6 Å². The maximum absolute atomic E-state index is 4.41. The van der Waals surface area contributed by atoms with Crippen molar-refractivity contribution in [1.29, 1.82) is 0 Å². The minimum Gasteiger partial charge on any atom is -0.274 e. The Morgan fingerprint density at radius 2 is 1.37 bits per heavy atom. The maximum Gasteiger partial charge on any atom is 0.267 e. The lowest BCUT2D eigenvalue weighted by molar-refractivity contribution is -0.547. The van der Waals surface area contributed by atoms with Crippen molar-refractivity contribution >= 4 is 48.7 Å². The number of nitrogens with zero attached hydrogens (tertiary/aromatic N) is 4. The summed E-state index contributed by atoms with van der Waals surface area (Å²) in [5.41, 5.74) is 3.56. The van der Waals surface area contributed by atoms with Crippen LogP contribution in [0.1, 0.15) is 104 Å². The Morgan fingerprint density at radius 1 is 0.780 bits per heavy atom. The molecule has 4 aliphatic rings. The monoisotopic (exact) mass is 568 g/mol. The van der Waals surface area contributed by atoms with Crippen LogP contribution in [0, 0.1) is 17.4 Å². The molecule has 2 saturated heterocycles. The molecule has 2 aliphatic carbocycles. The van der Waals surface area contributed by atoms with Crippen LogP contribution in [0.4, 0.5) is 11.4 Å². The fraction of sp³-hybridized carbons (Fsp3) is 0.611. The summed E-state index contributed by atoms with van der Waals surface area (Å²) in [5.74, 6) is 1.44. The number of benzene rings is 2. The molecular formula is C36H48N4S+. The minimum absolute atomic E-state index is 0.609. The van der Waals surface area contributed by atoms with E-state index in [1.54, 1.807) is 0 Å². The third-order valence-electron chi connectivity index (χ3n) is 11.4. The first-order chi connectivity index (χ1) is 20.1. The van der Waals surface area contributed by atoms with Crippen LogP contribution in [-0.2, 0) is 0 Å². The van der Waals surface area contributed by atoms with Gasteiger partial charge in [-0.15, -0.1) is 21.4 Å². The number of anilines is 1. The number of hydrazine groups is 1. The third-order valence-corrected chi connectivity index (χ3v) is 12.5. The molecule has 3 aromatic rings. The normalized spacial score (nSPS) is 22.9. The molecule has 217 valence electrons. The largest absolute Gasteiger partial charge is 0.274 e. The molecule has 2 aromatic carbocycles. The molecule has 0 amide bonds. The first kappa shape index (κ1) is 27.7. The van der Waals surface area contributed by atoms with E-state index in [1.165, 1.54) is 148 Å². The predicted molar refractivity (Wildman–Crippen MR) is 174 cm³/mol. The molecule has 0 unspecified atom stereocenters. The molecule has 2 spiro atoms. The van der Waals surface area contributed by atoms with Gasteiger partial charge >= 0.3 is 0 Å². The summed E-state index contributed by atoms with van der Waals surface area (Å²) in [5, 5.41) is 12.5. The van der Waals surface area contributed by atoms with E-state index in [-0.39, 0.29) is 0 Å². The van der Waals surface area contributed by atoms with E-state index in [1.807, 2.05) is 18.3 Å². The number of thiophene rings is 1. The first-order valence-electron chi connectivity index (χ1n) is 16.5. The SMILES string of the molecule is C[C][N]c1ccc2c(c1)sc1cc(N(C(C)=[N+]3CCC4(CCCCC4)CC3)N3CCC4(CCCCC4)CC3)ccc12. The molecule has 4 fully saturated rings. The van der Waals surface area contributed by atoms with Crippen molar-refractivity contribution in [3.63, 3.8) is 0 Å². The van der Waals surface area contributed by atoms with Gasteiger partial charge in [-0.2, -0.15) is 0 Å². The van der Waals surface area contributed by atoms with E-state index in [0.717, 1.165) is 5.69 Å². The summed E-state index contributed by atoms with van der Waals surface area (Å²) >= 11 is 1.90. The van der Waals surface area contributed by atoms with Crippen LogP contribution in [0.5, 0.6) is 0 Å². The smallest absolute Gasteiger partial charge is 0.267 e. The van der Waals surface area contributed by atoms with Gasteiger partial charge in [0, 0.05) is 46.3 Å².